The van der Waals surface area contributed by atoms with Crippen molar-refractivity contribution in [1.82, 2.24) is 4.98 Å². The van der Waals surface area contributed by atoms with Crippen LogP contribution in [0.25, 0.3) is 10.9 Å². The molecule has 1 heterocycles. The van der Waals surface area contributed by atoms with Crippen LogP contribution in [0.15, 0.2) is 18.2 Å². The zero-order valence-electron chi connectivity index (χ0n) is 10.1. The van der Waals surface area contributed by atoms with Gasteiger partial charge in [0.25, 0.3) is 0 Å². The van der Waals surface area contributed by atoms with Crippen molar-refractivity contribution in [1.29, 1.82) is 5.26 Å². The molecule has 0 aliphatic carbocycles. The molecule has 0 saturated heterocycles. The van der Waals surface area contributed by atoms with E-state index in [1.54, 1.807) is 19.2 Å². The van der Waals surface area contributed by atoms with Gasteiger partial charge in [0.1, 0.15) is 11.4 Å². The zero-order valence-corrected chi connectivity index (χ0v) is 10.1. The number of aromatic amines is 1. The fraction of sp³-hybridized carbons (Fsp3) is 0.231. The monoisotopic (exact) mass is 244 g/mol. The number of hydrogen-bond donors (Lipinski definition) is 1. The molecule has 0 unspecified atom stereocenters. The highest BCUT2D eigenvalue weighted by Gasteiger charge is 2.18. The average molecular weight is 244 g/mol. The fourth-order valence-electron chi connectivity index (χ4n) is 1.89. The number of nitriles is 1. The van der Waals surface area contributed by atoms with Crippen molar-refractivity contribution in [3.63, 3.8) is 0 Å². The Balaban J connectivity index is 2.68. The third-order valence-corrected chi connectivity index (χ3v) is 2.76. The van der Waals surface area contributed by atoms with Crippen molar-refractivity contribution in [2.24, 2.45) is 0 Å². The van der Waals surface area contributed by atoms with Gasteiger partial charge in [-0.2, -0.15) is 5.26 Å². The number of esters is 1. The van der Waals surface area contributed by atoms with Crippen molar-refractivity contribution >= 4 is 16.9 Å². The lowest BCUT2D eigenvalue weighted by Gasteiger charge is -2.00. The van der Waals surface area contributed by atoms with Gasteiger partial charge in [0.2, 0.25) is 0 Å². The number of methoxy groups -OCH3 is 2. The number of ether oxygens (including phenoxy) is 2. The Morgan fingerprint density at radius 2 is 2.22 bits per heavy atom. The molecule has 0 radical (unpaired) electrons. The predicted octanol–water partition coefficient (Wildman–Crippen LogP) is 2.03. The first-order chi connectivity index (χ1) is 8.71. The molecule has 1 aromatic carbocycles. The molecule has 18 heavy (non-hydrogen) atoms. The molecule has 0 amide bonds. The van der Waals surface area contributed by atoms with Crippen LogP contribution in [0.2, 0.25) is 0 Å². The molecule has 5 nitrogen and oxygen atoms in total. The lowest BCUT2D eigenvalue weighted by atomic mass is 10.1. The Hall–Kier alpha value is -2.48. The number of H-pyrrole nitrogens is 1. The molecule has 0 spiro atoms. The van der Waals surface area contributed by atoms with Crippen molar-refractivity contribution in [3.8, 4) is 11.8 Å². The standard InChI is InChI=1S/C13H12N2O3/c1-17-8-3-4-11-10(7-8)9(5-6-14)12(15-11)13(16)18-2/h3-4,7,15H,5H2,1-2H3. The van der Waals surface area contributed by atoms with E-state index in [2.05, 4.69) is 11.1 Å². The minimum Gasteiger partial charge on any atom is -0.497 e. The minimum atomic E-state index is -0.476. The van der Waals surface area contributed by atoms with Crippen LogP contribution in [0.5, 0.6) is 5.75 Å². The fourth-order valence-corrected chi connectivity index (χ4v) is 1.89. The average Bonchev–Trinajstić information content (AvgIpc) is 2.76. The third kappa shape index (κ3) is 1.89. The first-order valence-corrected chi connectivity index (χ1v) is 5.35. The number of carbonyl (C=O) groups excluding carboxylic acids is 1. The zero-order chi connectivity index (χ0) is 13.1. The number of nitrogens with one attached hydrogen (secondary N) is 1. The highest BCUT2D eigenvalue weighted by atomic mass is 16.5. The quantitative estimate of drug-likeness (QED) is 0.838. The summed E-state index contributed by atoms with van der Waals surface area (Å²) in [4.78, 5) is 14.6. The van der Waals surface area contributed by atoms with Gasteiger partial charge in [0.15, 0.2) is 0 Å². The van der Waals surface area contributed by atoms with Gasteiger partial charge >= 0.3 is 5.97 Å². The number of benzene rings is 1. The van der Waals surface area contributed by atoms with Gasteiger partial charge in [-0.1, -0.05) is 0 Å². The van der Waals surface area contributed by atoms with E-state index in [4.69, 9.17) is 14.7 Å². The molecule has 0 atom stereocenters. The van der Waals surface area contributed by atoms with Gasteiger partial charge < -0.3 is 14.5 Å². The summed E-state index contributed by atoms with van der Waals surface area (Å²) in [5, 5.41) is 9.66. The Morgan fingerprint density at radius 1 is 1.44 bits per heavy atom. The number of nitrogens with zero attached hydrogens (tertiary/aromatic N) is 1. The van der Waals surface area contributed by atoms with Crippen LogP contribution < -0.4 is 4.74 Å². The second-order valence-corrected chi connectivity index (χ2v) is 3.72. The molecule has 92 valence electrons. The van der Waals surface area contributed by atoms with Crippen molar-refractivity contribution < 1.29 is 14.3 Å². The summed E-state index contributed by atoms with van der Waals surface area (Å²) in [7, 11) is 2.88. The normalized spacial score (nSPS) is 10.1. The number of hydrogen-bond acceptors (Lipinski definition) is 4. The summed E-state index contributed by atoms with van der Waals surface area (Å²) >= 11 is 0. The van der Waals surface area contributed by atoms with E-state index in [9.17, 15) is 4.79 Å². The predicted molar refractivity (Wildman–Crippen MR) is 65.5 cm³/mol. The largest absolute Gasteiger partial charge is 0.497 e. The van der Waals surface area contributed by atoms with E-state index in [1.807, 2.05) is 6.07 Å². The summed E-state index contributed by atoms with van der Waals surface area (Å²) in [5.74, 6) is 0.201. The second-order valence-electron chi connectivity index (χ2n) is 3.72. The summed E-state index contributed by atoms with van der Waals surface area (Å²) in [6.45, 7) is 0. The van der Waals surface area contributed by atoms with Crippen molar-refractivity contribution in [3.05, 3.63) is 29.5 Å². The molecule has 2 rings (SSSR count). The van der Waals surface area contributed by atoms with E-state index in [-0.39, 0.29) is 6.42 Å². The summed E-state index contributed by atoms with van der Waals surface area (Å²) in [5.41, 5.74) is 1.74. The van der Waals surface area contributed by atoms with Gasteiger partial charge in [0.05, 0.1) is 26.7 Å². The smallest absolute Gasteiger partial charge is 0.354 e. The van der Waals surface area contributed by atoms with Crippen molar-refractivity contribution in [2.75, 3.05) is 14.2 Å². The molecule has 0 fully saturated rings. The number of rotatable bonds is 3. The van der Waals surface area contributed by atoms with Crippen LogP contribution in [0.4, 0.5) is 0 Å². The molecule has 1 N–H and O–H groups in total. The number of aromatic nitrogens is 1. The first kappa shape index (κ1) is 12.0. The second kappa shape index (κ2) is 4.80. The minimum absolute atomic E-state index is 0.137. The van der Waals surface area contributed by atoms with Crippen LogP contribution in [0.1, 0.15) is 16.1 Å². The lowest BCUT2D eigenvalue weighted by molar-refractivity contribution is 0.0594. The van der Waals surface area contributed by atoms with Gasteiger partial charge in [-0.25, -0.2) is 4.79 Å². The highest BCUT2D eigenvalue weighted by molar-refractivity contribution is 5.98. The number of carbonyl (C=O) groups is 1. The summed E-state index contributed by atoms with van der Waals surface area (Å²) < 4.78 is 9.84. The van der Waals surface area contributed by atoms with Gasteiger partial charge in [0, 0.05) is 16.5 Å². The molecule has 0 aliphatic heterocycles. The van der Waals surface area contributed by atoms with E-state index >= 15 is 0 Å². The van der Waals surface area contributed by atoms with Crippen LogP contribution in [0, 0.1) is 11.3 Å². The topological polar surface area (TPSA) is 75.1 Å². The first-order valence-electron chi connectivity index (χ1n) is 5.35. The van der Waals surface area contributed by atoms with E-state index in [1.165, 1.54) is 7.11 Å². The Labute approximate surface area is 104 Å². The lowest BCUT2D eigenvalue weighted by Crippen LogP contribution is -2.04. The number of fused-ring (bicyclic) bond motifs is 1. The molecule has 5 heteroatoms. The van der Waals surface area contributed by atoms with Crippen LogP contribution in [-0.4, -0.2) is 25.2 Å². The Kier molecular flexibility index (Phi) is 3.20. The van der Waals surface area contributed by atoms with E-state index in [0.717, 1.165) is 10.9 Å². The maximum atomic E-state index is 11.6. The molecular weight excluding hydrogens is 232 g/mol. The van der Waals surface area contributed by atoms with Crippen LogP contribution >= 0.6 is 0 Å². The van der Waals surface area contributed by atoms with Crippen LogP contribution in [0.3, 0.4) is 0 Å². The SMILES string of the molecule is COC(=O)c1[nH]c2ccc(OC)cc2c1CC#N. The maximum absolute atomic E-state index is 11.6. The van der Waals surface area contributed by atoms with E-state index in [0.29, 0.717) is 17.0 Å². The molecule has 2 aromatic rings. The molecule has 0 saturated carbocycles. The van der Waals surface area contributed by atoms with Crippen LogP contribution in [-0.2, 0) is 11.2 Å². The van der Waals surface area contributed by atoms with Gasteiger partial charge in [-0.05, 0) is 18.2 Å². The molecule has 0 bridgehead atoms. The molecule has 0 aliphatic rings. The van der Waals surface area contributed by atoms with Crippen molar-refractivity contribution in [2.45, 2.75) is 6.42 Å². The summed E-state index contributed by atoms with van der Waals surface area (Å²) in [6, 6.07) is 7.44. The van der Waals surface area contributed by atoms with Gasteiger partial charge in [-0.15, -0.1) is 0 Å². The molecule has 1 aromatic heterocycles. The molecular formula is C13H12N2O3. The summed E-state index contributed by atoms with van der Waals surface area (Å²) in [6.07, 6.45) is 0.137. The highest BCUT2D eigenvalue weighted by Crippen LogP contribution is 2.27. The Morgan fingerprint density at radius 3 is 2.83 bits per heavy atom. The van der Waals surface area contributed by atoms with Gasteiger partial charge in [-0.3, -0.25) is 0 Å². The Bertz CT molecular complexity index is 637. The maximum Gasteiger partial charge on any atom is 0.354 e. The van der Waals surface area contributed by atoms with E-state index < -0.39 is 5.97 Å². The third-order valence-electron chi connectivity index (χ3n) is 2.76.